The summed E-state index contributed by atoms with van der Waals surface area (Å²) >= 11 is 0. The van der Waals surface area contributed by atoms with Gasteiger partial charge in [0.1, 0.15) is 0 Å². The minimum Gasteiger partial charge on any atom is -0.357 e. The number of nitrogens with zero attached hydrogens (tertiary/aromatic N) is 2. The molecule has 0 spiro atoms. The van der Waals surface area contributed by atoms with Crippen molar-refractivity contribution in [2.45, 2.75) is 82.4 Å². The highest BCUT2D eigenvalue weighted by Crippen LogP contribution is 2.35. The summed E-state index contributed by atoms with van der Waals surface area (Å²) < 4.78 is 23.1. The molecule has 0 aromatic carbocycles. The van der Waals surface area contributed by atoms with Gasteiger partial charge in [-0.3, -0.25) is 9.89 Å². The second-order valence-corrected chi connectivity index (χ2v) is 11.6. The van der Waals surface area contributed by atoms with E-state index in [0.717, 1.165) is 19.0 Å². The van der Waals surface area contributed by atoms with Gasteiger partial charge in [0, 0.05) is 24.9 Å². The van der Waals surface area contributed by atoms with Crippen molar-refractivity contribution in [3.63, 3.8) is 0 Å². The first kappa shape index (κ1) is 25.9. The molecular weight excluding hydrogens is 487 g/mol. The zero-order valence-electron chi connectivity index (χ0n) is 18.2. The van der Waals surface area contributed by atoms with Crippen LogP contribution < -0.4 is 10.6 Å². The molecule has 0 atom stereocenters. The molecule has 0 unspecified atom stereocenters. The highest BCUT2D eigenvalue weighted by atomic mass is 127. The van der Waals surface area contributed by atoms with Crippen molar-refractivity contribution in [1.29, 1.82) is 0 Å². The Balaban J connectivity index is 0.00000392. The maximum atomic E-state index is 12.0. The van der Waals surface area contributed by atoms with Crippen LogP contribution >= 0.6 is 24.0 Å². The summed E-state index contributed by atoms with van der Waals surface area (Å²) in [6, 6.07) is 0. The summed E-state index contributed by atoms with van der Waals surface area (Å²) in [6.07, 6.45) is 11.7. The standard InChI is InChI=1S/C20H40N4O2S.HI/c1-5-21-18(22-16-19(2,3)27(4,25)26)23-17-20(12-8-6-9-13-20)24-14-10-7-11-15-24;/h5-17H2,1-4H3,(H2,21,22,23);1H. The number of rotatable bonds is 7. The molecule has 1 saturated heterocycles. The van der Waals surface area contributed by atoms with Crippen molar-refractivity contribution < 1.29 is 8.42 Å². The Hall–Kier alpha value is -0.0900. The normalized spacial score (nSPS) is 21.6. The Morgan fingerprint density at radius 2 is 1.61 bits per heavy atom. The van der Waals surface area contributed by atoms with Crippen LogP contribution in [0.15, 0.2) is 4.99 Å². The van der Waals surface area contributed by atoms with Gasteiger partial charge in [-0.05, 0) is 59.5 Å². The number of sulfone groups is 1. The number of hydrogen-bond acceptors (Lipinski definition) is 4. The second-order valence-electron chi connectivity index (χ2n) is 8.91. The van der Waals surface area contributed by atoms with Gasteiger partial charge in [0.2, 0.25) is 0 Å². The van der Waals surface area contributed by atoms with Gasteiger partial charge in [0.25, 0.3) is 0 Å². The third-order valence-electron chi connectivity index (χ3n) is 6.36. The molecule has 2 aliphatic rings. The Kier molecular flexibility index (Phi) is 10.5. The average molecular weight is 529 g/mol. The number of guanidine groups is 1. The van der Waals surface area contributed by atoms with E-state index in [1.54, 1.807) is 13.8 Å². The third kappa shape index (κ3) is 7.00. The topological polar surface area (TPSA) is 73.8 Å². The first-order chi connectivity index (χ1) is 12.7. The van der Waals surface area contributed by atoms with E-state index in [1.807, 2.05) is 6.92 Å². The van der Waals surface area contributed by atoms with Crippen molar-refractivity contribution in [1.82, 2.24) is 15.5 Å². The summed E-state index contributed by atoms with van der Waals surface area (Å²) in [5.74, 6) is 0.733. The van der Waals surface area contributed by atoms with Gasteiger partial charge in [0.15, 0.2) is 15.8 Å². The van der Waals surface area contributed by atoms with Gasteiger partial charge in [0.05, 0.1) is 11.3 Å². The van der Waals surface area contributed by atoms with Crippen LogP contribution in [0.4, 0.5) is 0 Å². The molecule has 1 aliphatic carbocycles. The van der Waals surface area contributed by atoms with E-state index < -0.39 is 14.6 Å². The molecule has 0 aromatic rings. The van der Waals surface area contributed by atoms with E-state index in [0.29, 0.717) is 0 Å². The summed E-state index contributed by atoms with van der Waals surface area (Å²) in [5, 5.41) is 6.85. The summed E-state index contributed by atoms with van der Waals surface area (Å²) in [4.78, 5) is 7.32. The summed E-state index contributed by atoms with van der Waals surface area (Å²) in [5.41, 5.74) is 0.223. The quantitative estimate of drug-likeness (QED) is 0.302. The van der Waals surface area contributed by atoms with Crippen molar-refractivity contribution >= 4 is 39.8 Å². The number of likely N-dealkylation sites (tertiary alicyclic amines) is 1. The zero-order chi connectivity index (χ0) is 20.0. The predicted octanol–water partition coefficient (Wildman–Crippen LogP) is 3.17. The third-order valence-corrected chi connectivity index (χ3v) is 8.50. The monoisotopic (exact) mass is 528 g/mol. The molecule has 8 heteroatoms. The van der Waals surface area contributed by atoms with E-state index >= 15 is 0 Å². The molecule has 2 fully saturated rings. The van der Waals surface area contributed by atoms with Gasteiger partial charge < -0.3 is 10.6 Å². The van der Waals surface area contributed by atoms with Crippen molar-refractivity contribution in [3.05, 3.63) is 0 Å². The molecule has 1 heterocycles. The lowest BCUT2D eigenvalue weighted by atomic mass is 9.79. The van der Waals surface area contributed by atoms with Crippen LogP contribution in [0.2, 0.25) is 0 Å². The fraction of sp³-hybridized carbons (Fsp3) is 0.950. The highest BCUT2D eigenvalue weighted by Gasteiger charge is 2.38. The average Bonchev–Trinajstić information content (AvgIpc) is 2.64. The van der Waals surface area contributed by atoms with Crippen LogP contribution in [0, 0.1) is 0 Å². The Bertz CT molecular complexity index is 595. The number of hydrogen-bond donors (Lipinski definition) is 2. The van der Waals surface area contributed by atoms with E-state index in [4.69, 9.17) is 0 Å². The molecule has 28 heavy (non-hydrogen) atoms. The number of nitrogens with one attached hydrogen (secondary N) is 2. The molecule has 2 N–H and O–H groups in total. The molecule has 166 valence electrons. The van der Waals surface area contributed by atoms with Crippen molar-refractivity contribution in [2.75, 3.05) is 39.0 Å². The molecule has 1 saturated carbocycles. The number of halogens is 1. The SMILES string of the molecule is CCNC(=NCC(C)(C)S(C)(=O)=O)NCC1(N2CCCCC2)CCCCC1.I. The molecule has 2 rings (SSSR count). The zero-order valence-corrected chi connectivity index (χ0v) is 21.4. The lowest BCUT2D eigenvalue weighted by molar-refractivity contribution is 0.0368. The maximum absolute atomic E-state index is 12.0. The van der Waals surface area contributed by atoms with Crippen LogP contribution in [-0.2, 0) is 9.84 Å². The van der Waals surface area contributed by atoms with E-state index in [-0.39, 0.29) is 36.1 Å². The molecule has 0 radical (unpaired) electrons. The van der Waals surface area contributed by atoms with Crippen LogP contribution in [0.5, 0.6) is 0 Å². The van der Waals surface area contributed by atoms with Crippen LogP contribution in [0.25, 0.3) is 0 Å². The smallest absolute Gasteiger partial charge is 0.191 e. The Morgan fingerprint density at radius 3 is 2.14 bits per heavy atom. The first-order valence-corrected chi connectivity index (χ1v) is 12.6. The van der Waals surface area contributed by atoms with Crippen LogP contribution in [0.3, 0.4) is 0 Å². The molecule has 0 aromatic heterocycles. The van der Waals surface area contributed by atoms with Crippen molar-refractivity contribution in [2.24, 2.45) is 4.99 Å². The van der Waals surface area contributed by atoms with Gasteiger partial charge >= 0.3 is 0 Å². The lowest BCUT2D eigenvalue weighted by Crippen LogP contribution is -2.59. The Labute approximate surface area is 189 Å². The van der Waals surface area contributed by atoms with Gasteiger partial charge in [-0.2, -0.15) is 0 Å². The molecular formula is C20H41IN4O2S. The van der Waals surface area contributed by atoms with Gasteiger partial charge in [-0.25, -0.2) is 8.42 Å². The fourth-order valence-electron chi connectivity index (χ4n) is 4.16. The summed E-state index contributed by atoms with van der Waals surface area (Å²) in [7, 11) is -3.15. The van der Waals surface area contributed by atoms with E-state index in [1.165, 1.54) is 70.7 Å². The van der Waals surface area contributed by atoms with E-state index in [9.17, 15) is 8.42 Å². The molecule has 1 aliphatic heterocycles. The fourth-order valence-corrected chi connectivity index (χ4v) is 4.46. The number of aliphatic imine (C=N–C) groups is 1. The predicted molar refractivity (Wildman–Crippen MR) is 130 cm³/mol. The maximum Gasteiger partial charge on any atom is 0.191 e. The van der Waals surface area contributed by atoms with Gasteiger partial charge in [-0.1, -0.05) is 25.7 Å². The van der Waals surface area contributed by atoms with Gasteiger partial charge in [-0.15, -0.1) is 24.0 Å². The van der Waals surface area contributed by atoms with Crippen LogP contribution in [0.1, 0.15) is 72.1 Å². The molecule has 6 nitrogen and oxygen atoms in total. The molecule has 0 amide bonds. The second kappa shape index (κ2) is 11.3. The lowest BCUT2D eigenvalue weighted by Gasteiger charge is -2.48. The molecule has 0 bridgehead atoms. The van der Waals surface area contributed by atoms with Crippen molar-refractivity contribution in [3.8, 4) is 0 Å². The van der Waals surface area contributed by atoms with E-state index in [2.05, 4.69) is 20.5 Å². The Morgan fingerprint density at radius 1 is 1.04 bits per heavy atom. The highest BCUT2D eigenvalue weighted by molar-refractivity contribution is 14.0. The largest absolute Gasteiger partial charge is 0.357 e. The minimum absolute atomic E-state index is 0. The summed E-state index contributed by atoms with van der Waals surface area (Å²) in [6.45, 7) is 9.85. The first-order valence-electron chi connectivity index (χ1n) is 10.7. The number of piperidine rings is 1. The minimum atomic E-state index is -3.15. The van der Waals surface area contributed by atoms with Crippen LogP contribution in [-0.4, -0.2) is 68.5 Å².